The Morgan fingerprint density at radius 3 is 2.58 bits per heavy atom. The van der Waals surface area contributed by atoms with Crippen molar-refractivity contribution in [1.29, 1.82) is 0 Å². The highest BCUT2D eigenvalue weighted by Gasteiger charge is 2.33. The molecule has 0 bridgehead atoms. The van der Waals surface area contributed by atoms with Crippen molar-refractivity contribution in [1.82, 2.24) is 9.78 Å². The molecule has 13 heteroatoms. The van der Waals surface area contributed by atoms with E-state index in [4.69, 9.17) is 5.73 Å². The lowest BCUT2D eigenvalue weighted by Gasteiger charge is -2.15. The second kappa shape index (κ2) is 9.14. The number of aromatic nitrogens is 2. The van der Waals surface area contributed by atoms with Gasteiger partial charge in [0.05, 0.1) is 38.8 Å². The van der Waals surface area contributed by atoms with Crippen LogP contribution in [-0.4, -0.2) is 52.2 Å². The van der Waals surface area contributed by atoms with E-state index in [9.17, 15) is 28.1 Å². The summed E-state index contributed by atoms with van der Waals surface area (Å²) in [6.45, 7) is 5.88. The summed E-state index contributed by atoms with van der Waals surface area (Å²) in [5.41, 5.74) is 5.24. The van der Waals surface area contributed by atoms with E-state index >= 15 is 0 Å². The van der Waals surface area contributed by atoms with Crippen LogP contribution in [0.5, 0.6) is 0 Å². The van der Waals surface area contributed by atoms with Gasteiger partial charge in [-0.05, 0) is 18.6 Å². The van der Waals surface area contributed by atoms with Gasteiger partial charge >= 0.3 is 0 Å². The van der Waals surface area contributed by atoms with Crippen molar-refractivity contribution in [3.63, 3.8) is 0 Å². The summed E-state index contributed by atoms with van der Waals surface area (Å²) >= 11 is 0.942. The van der Waals surface area contributed by atoms with Crippen LogP contribution in [0.2, 0.25) is 0 Å². The Hall–Kier alpha value is -2.93. The summed E-state index contributed by atoms with van der Waals surface area (Å²) in [6.07, 6.45) is 0.406. The van der Waals surface area contributed by atoms with Crippen LogP contribution in [0.15, 0.2) is 29.2 Å². The van der Waals surface area contributed by atoms with Gasteiger partial charge in [0.1, 0.15) is 5.82 Å². The maximum atomic E-state index is 12.7. The SMILES string of the molecule is CC(C)(C)c1cc(NC(=O)CSc2ccc(C(N)=O)cc2[N+](=O)[O-])n(C2CCS(=O)(=O)C2)n1. The number of sulfone groups is 1. The minimum atomic E-state index is -3.16. The van der Waals surface area contributed by atoms with Crippen LogP contribution in [0.1, 0.15) is 49.3 Å². The van der Waals surface area contributed by atoms with E-state index in [1.54, 1.807) is 10.7 Å². The Bertz CT molecular complexity index is 1220. The topological polar surface area (TPSA) is 167 Å². The molecule has 1 atom stereocenters. The van der Waals surface area contributed by atoms with Crippen molar-refractivity contribution in [2.45, 2.75) is 43.5 Å². The number of primary amides is 1. The third kappa shape index (κ3) is 5.90. The first-order chi connectivity index (χ1) is 15.3. The Morgan fingerprint density at radius 2 is 2.03 bits per heavy atom. The zero-order valence-electron chi connectivity index (χ0n) is 18.4. The monoisotopic (exact) mass is 495 g/mol. The van der Waals surface area contributed by atoms with Crippen molar-refractivity contribution in [2.75, 3.05) is 22.6 Å². The Balaban J connectivity index is 1.79. The molecular weight excluding hydrogens is 470 g/mol. The minimum Gasteiger partial charge on any atom is -0.366 e. The van der Waals surface area contributed by atoms with Crippen LogP contribution >= 0.6 is 11.8 Å². The van der Waals surface area contributed by atoms with Gasteiger partial charge in [0.2, 0.25) is 11.8 Å². The molecule has 1 saturated heterocycles. The molecule has 3 rings (SSSR count). The molecular formula is C20H25N5O6S2. The fraction of sp³-hybridized carbons (Fsp3) is 0.450. The first-order valence-corrected chi connectivity index (χ1v) is 12.9. The van der Waals surface area contributed by atoms with Crippen LogP contribution in [0.25, 0.3) is 0 Å². The molecule has 2 heterocycles. The number of hydrogen-bond acceptors (Lipinski definition) is 8. The van der Waals surface area contributed by atoms with Crippen molar-refractivity contribution in [3.05, 3.63) is 45.6 Å². The van der Waals surface area contributed by atoms with Crippen molar-refractivity contribution >= 4 is 44.9 Å². The minimum absolute atomic E-state index is 0.000582. The fourth-order valence-electron chi connectivity index (χ4n) is 3.36. The average molecular weight is 496 g/mol. The first kappa shape index (κ1) is 24.7. The van der Waals surface area contributed by atoms with E-state index in [0.717, 1.165) is 17.8 Å². The molecule has 1 aliphatic heterocycles. The number of benzene rings is 1. The summed E-state index contributed by atoms with van der Waals surface area (Å²) in [6, 6.07) is 5.16. The Labute approximate surface area is 195 Å². The van der Waals surface area contributed by atoms with E-state index in [1.807, 2.05) is 20.8 Å². The van der Waals surface area contributed by atoms with Crippen molar-refractivity contribution in [2.24, 2.45) is 5.73 Å². The number of hydrogen-bond donors (Lipinski definition) is 2. The summed E-state index contributed by atoms with van der Waals surface area (Å²) in [5, 5.41) is 18.7. The summed E-state index contributed by atoms with van der Waals surface area (Å²) < 4.78 is 25.4. The fourth-order valence-corrected chi connectivity index (χ4v) is 5.85. The molecule has 178 valence electrons. The number of anilines is 1. The number of nitrogens with two attached hydrogens (primary N) is 1. The van der Waals surface area contributed by atoms with E-state index in [1.165, 1.54) is 12.1 Å². The van der Waals surface area contributed by atoms with Gasteiger partial charge in [-0.1, -0.05) is 20.8 Å². The largest absolute Gasteiger partial charge is 0.366 e. The highest BCUT2D eigenvalue weighted by Crippen LogP contribution is 2.32. The molecule has 1 unspecified atom stereocenters. The lowest BCUT2D eigenvalue weighted by molar-refractivity contribution is -0.387. The number of carbonyl (C=O) groups is 2. The van der Waals surface area contributed by atoms with Crippen molar-refractivity contribution in [3.8, 4) is 0 Å². The predicted octanol–water partition coefficient (Wildman–Crippen LogP) is 2.28. The van der Waals surface area contributed by atoms with Crippen molar-refractivity contribution < 1.29 is 22.9 Å². The van der Waals surface area contributed by atoms with Crippen LogP contribution in [0, 0.1) is 10.1 Å². The van der Waals surface area contributed by atoms with Crippen LogP contribution in [0.4, 0.5) is 11.5 Å². The highest BCUT2D eigenvalue weighted by atomic mass is 32.2. The van der Waals surface area contributed by atoms with Gasteiger partial charge in [0, 0.05) is 23.1 Å². The number of nitrogens with one attached hydrogen (secondary N) is 1. The molecule has 1 aliphatic rings. The standard InChI is InChI=1S/C20H25N5O6S2/c1-20(2,3)16-9-17(24(23-16)13-6-7-33(30,31)11-13)22-18(26)10-32-15-5-4-12(19(21)27)8-14(15)25(28)29/h4-5,8-9,13H,6-7,10-11H2,1-3H3,(H2,21,27)(H,22,26). The van der Waals surface area contributed by atoms with Gasteiger partial charge in [-0.15, -0.1) is 11.8 Å². The van der Waals surface area contributed by atoms with Gasteiger partial charge < -0.3 is 11.1 Å². The third-order valence-corrected chi connectivity index (χ3v) is 7.94. The van der Waals surface area contributed by atoms with Gasteiger partial charge in [0.25, 0.3) is 5.69 Å². The quantitative estimate of drug-likeness (QED) is 0.335. The number of nitrogens with zero attached hydrogens (tertiary/aromatic N) is 3. The second-order valence-corrected chi connectivity index (χ2v) is 12.1. The highest BCUT2D eigenvalue weighted by molar-refractivity contribution is 8.00. The van der Waals surface area contributed by atoms with E-state index in [2.05, 4.69) is 10.4 Å². The number of nitro benzene ring substituents is 1. The maximum absolute atomic E-state index is 12.7. The molecule has 1 aromatic carbocycles. The van der Waals surface area contributed by atoms with Gasteiger partial charge in [-0.25, -0.2) is 13.1 Å². The number of thioether (sulfide) groups is 1. The molecule has 0 spiro atoms. The number of carbonyl (C=O) groups excluding carboxylic acids is 2. The lowest BCUT2D eigenvalue weighted by Crippen LogP contribution is -2.21. The van der Waals surface area contributed by atoms with Gasteiger partial charge in [-0.3, -0.25) is 19.7 Å². The normalized spacial score (nSPS) is 17.6. The smallest absolute Gasteiger partial charge is 0.283 e. The molecule has 0 saturated carbocycles. The molecule has 2 aromatic rings. The summed E-state index contributed by atoms with van der Waals surface area (Å²) in [4.78, 5) is 34.9. The lowest BCUT2D eigenvalue weighted by atomic mass is 9.92. The molecule has 1 aromatic heterocycles. The first-order valence-electron chi connectivity index (χ1n) is 10.1. The molecule has 0 radical (unpaired) electrons. The van der Waals surface area contributed by atoms with Gasteiger partial charge in [-0.2, -0.15) is 5.10 Å². The molecule has 11 nitrogen and oxygen atoms in total. The second-order valence-electron chi connectivity index (χ2n) is 8.81. The van der Waals surface area contributed by atoms with E-state index in [-0.39, 0.29) is 44.9 Å². The average Bonchev–Trinajstić information content (AvgIpc) is 3.28. The summed E-state index contributed by atoms with van der Waals surface area (Å²) in [7, 11) is -3.16. The number of amides is 2. The molecule has 0 aliphatic carbocycles. The Morgan fingerprint density at radius 1 is 1.33 bits per heavy atom. The van der Waals surface area contributed by atoms with Crippen LogP contribution in [-0.2, 0) is 20.0 Å². The van der Waals surface area contributed by atoms with Crippen LogP contribution in [0.3, 0.4) is 0 Å². The third-order valence-electron chi connectivity index (χ3n) is 5.12. The zero-order valence-corrected chi connectivity index (χ0v) is 20.0. The number of nitro groups is 1. The molecule has 1 fully saturated rings. The van der Waals surface area contributed by atoms with Crippen LogP contribution < -0.4 is 11.1 Å². The molecule has 33 heavy (non-hydrogen) atoms. The van der Waals surface area contributed by atoms with E-state index in [0.29, 0.717) is 17.9 Å². The molecule has 2 amide bonds. The number of rotatable bonds is 7. The zero-order chi connectivity index (χ0) is 24.6. The van der Waals surface area contributed by atoms with E-state index < -0.39 is 26.6 Å². The predicted molar refractivity (Wildman–Crippen MR) is 124 cm³/mol. The summed E-state index contributed by atoms with van der Waals surface area (Å²) in [5.74, 6) is -0.966. The Kier molecular flexibility index (Phi) is 6.84. The van der Waals surface area contributed by atoms with Gasteiger partial charge in [0.15, 0.2) is 9.84 Å². The molecule has 3 N–H and O–H groups in total. The maximum Gasteiger partial charge on any atom is 0.283 e.